The Morgan fingerprint density at radius 2 is 1.95 bits per heavy atom. The lowest BCUT2D eigenvalue weighted by molar-refractivity contribution is 0.420. The number of aromatic nitrogens is 1. The number of hydrogen-bond donors (Lipinski definition) is 1. The van der Waals surface area contributed by atoms with E-state index in [1.165, 1.54) is 6.20 Å². The van der Waals surface area contributed by atoms with Gasteiger partial charge in [0.1, 0.15) is 17.4 Å². The van der Waals surface area contributed by atoms with Crippen LogP contribution >= 0.6 is 0 Å². The molecule has 0 unspecified atom stereocenters. The number of benzene rings is 2. The number of ether oxygens (including phenoxy) is 1. The number of nitrogens with zero attached hydrogens (tertiary/aromatic N) is 1. The molecule has 1 N–H and O–H groups in total. The molecule has 0 spiro atoms. The molecule has 0 aliphatic rings. The van der Waals surface area contributed by atoms with Crippen molar-refractivity contribution in [2.45, 2.75) is 0 Å². The Morgan fingerprint density at radius 1 is 1.16 bits per heavy atom. The molecule has 1 aromatic heterocycles. The van der Waals surface area contributed by atoms with Gasteiger partial charge in [-0.25, -0.2) is 0 Å². The second kappa shape index (κ2) is 4.14. The highest BCUT2D eigenvalue weighted by Gasteiger charge is 2.09. The van der Waals surface area contributed by atoms with E-state index in [-0.39, 0.29) is 11.0 Å². The van der Waals surface area contributed by atoms with Crippen LogP contribution in [0.4, 0.5) is 0 Å². The number of nitrogens with one attached hydrogen (secondary N) is 1. The van der Waals surface area contributed by atoms with Crippen molar-refractivity contribution in [2.75, 3.05) is 7.11 Å². The van der Waals surface area contributed by atoms with Gasteiger partial charge in [0.25, 0.3) is 0 Å². The van der Waals surface area contributed by atoms with Gasteiger partial charge in [-0.2, -0.15) is 5.26 Å². The lowest BCUT2D eigenvalue weighted by atomic mass is 10.0. The molecule has 0 radical (unpaired) electrons. The Bertz CT molecular complexity index is 888. The maximum atomic E-state index is 12.1. The highest BCUT2D eigenvalue weighted by Crippen LogP contribution is 2.29. The van der Waals surface area contributed by atoms with Crippen LogP contribution in [0.5, 0.6) is 5.75 Å². The predicted octanol–water partition coefficient (Wildman–Crippen LogP) is 2.56. The van der Waals surface area contributed by atoms with E-state index in [1.807, 2.05) is 30.3 Å². The van der Waals surface area contributed by atoms with Crippen LogP contribution < -0.4 is 10.2 Å². The molecule has 0 saturated heterocycles. The smallest absolute Gasteiger partial charge is 0.207 e. The zero-order valence-electron chi connectivity index (χ0n) is 10.2. The summed E-state index contributed by atoms with van der Waals surface area (Å²) in [6.45, 7) is 0. The number of hydrogen-bond acceptors (Lipinski definition) is 3. The first-order valence-electron chi connectivity index (χ1n) is 5.77. The van der Waals surface area contributed by atoms with Crippen molar-refractivity contribution in [3.63, 3.8) is 0 Å². The van der Waals surface area contributed by atoms with Crippen molar-refractivity contribution in [1.29, 1.82) is 5.26 Å². The summed E-state index contributed by atoms with van der Waals surface area (Å²) in [7, 11) is 1.61. The number of nitriles is 1. The molecule has 3 aromatic rings. The second-order valence-electron chi connectivity index (χ2n) is 4.19. The van der Waals surface area contributed by atoms with Crippen molar-refractivity contribution < 1.29 is 4.74 Å². The summed E-state index contributed by atoms with van der Waals surface area (Å²) in [5, 5.41) is 11.2. The zero-order valence-corrected chi connectivity index (χ0v) is 10.2. The van der Waals surface area contributed by atoms with Crippen LogP contribution in [0.2, 0.25) is 0 Å². The van der Waals surface area contributed by atoms with Crippen LogP contribution in [-0.4, -0.2) is 12.1 Å². The Hall–Kier alpha value is -2.80. The van der Waals surface area contributed by atoms with E-state index in [9.17, 15) is 4.79 Å². The Morgan fingerprint density at radius 3 is 2.68 bits per heavy atom. The summed E-state index contributed by atoms with van der Waals surface area (Å²) in [4.78, 5) is 15.1. The molecule has 19 heavy (non-hydrogen) atoms. The van der Waals surface area contributed by atoms with Gasteiger partial charge in [-0.3, -0.25) is 4.79 Å². The van der Waals surface area contributed by atoms with Crippen molar-refractivity contribution in [3.8, 4) is 11.8 Å². The first kappa shape index (κ1) is 11.3. The summed E-state index contributed by atoms with van der Waals surface area (Å²) < 4.78 is 5.31. The minimum absolute atomic E-state index is 0.120. The van der Waals surface area contributed by atoms with Crippen molar-refractivity contribution in [1.82, 2.24) is 4.98 Å². The predicted molar refractivity (Wildman–Crippen MR) is 73.3 cm³/mol. The number of methoxy groups -OCH3 is 1. The SMILES string of the molecule is COc1cccc2c1ccc1c(=O)c(C#N)c[nH]c12. The molecule has 0 bridgehead atoms. The molecule has 2 aromatic carbocycles. The van der Waals surface area contributed by atoms with Gasteiger partial charge >= 0.3 is 0 Å². The van der Waals surface area contributed by atoms with Gasteiger partial charge in [-0.1, -0.05) is 12.1 Å². The molecule has 4 heteroatoms. The van der Waals surface area contributed by atoms with Gasteiger partial charge in [0, 0.05) is 22.4 Å². The molecule has 0 fully saturated rings. The number of fused-ring (bicyclic) bond motifs is 3. The third kappa shape index (κ3) is 1.56. The van der Waals surface area contributed by atoms with E-state index >= 15 is 0 Å². The Labute approximate surface area is 108 Å². The number of aromatic amines is 1. The van der Waals surface area contributed by atoms with Gasteiger partial charge in [0.2, 0.25) is 5.43 Å². The third-order valence-electron chi connectivity index (χ3n) is 3.21. The molecule has 1 heterocycles. The van der Waals surface area contributed by atoms with Gasteiger partial charge in [-0.05, 0) is 18.2 Å². The van der Waals surface area contributed by atoms with E-state index in [4.69, 9.17) is 10.00 Å². The largest absolute Gasteiger partial charge is 0.496 e. The zero-order chi connectivity index (χ0) is 13.4. The quantitative estimate of drug-likeness (QED) is 0.675. The maximum Gasteiger partial charge on any atom is 0.207 e. The minimum atomic E-state index is -0.249. The number of rotatable bonds is 1. The van der Waals surface area contributed by atoms with Crippen LogP contribution in [0.15, 0.2) is 41.3 Å². The average molecular weight is 250 g/mol. The highest BCUT2D eigenvalue weighted by atomic mass is 16.5. The van der Waals surface area contributed by atoms with Crippen molar-refractivity contribution >= 4 is 21.7 Å². The van der Waals surface area contributed by atoms with Gasteiger partial charge in [-0.15, -0.1) is 0 Å². The number of pyridine rings is 1. The van der Waals surface area contributed by atoms with E-state index in [1.54, 1.807) is 13.2 Å². The third-order valence-corrected chi connectivity index (χ3v) is 3.21. The lowest BCUT2D eigenvalue weighted by Gasteiger charge is -2.07. The van der Waals surface area contributed by atoms with Crippen LogP contribution in [-0.2, 0) is 0 Å². The van der Waals surface area contributed by atoms with Crippen molar-refractivity contribution in [3.05, 3.63) is 52.3 Å². The van der Waals surface area contributed by atoms with Crippen LogP contribution in [0, 0.1) is 11.3 Å². The van der Waals surface area contributed by atoms with Gasteiger partial charge < -0.3 is 9.72 Å². The maximum absolute atomic E-state index is 12.1. The van der Waals surface area contributed by atoms with Gasteiger partial charge in [0.15, 0.2) is 0 Å². The Balaban J connectivity index is 2.53. The number of H-pyrrole nitrogens is 1. The van der Waals surface area contributed by atoms with E-state index in [0.29, 0.717) is 5.39 Å². The lowest BCUT2D eigenvalue weighted by Crippen LogP contribution is -2.07. The minimum Gasteiger partial charge on any atom is -0.496 e. The topological polar surface area (TPSA) is 65.9 Å². The molecule has 92 valence electrons. The summed E-state index contributed by atoms with van der Waals surface area (Å²) >= 11 is 0. The standard InChI is InChI=1S/C15H10N2O2/c1-19-13-4-2-3-11-10(13)5-6-12-14(11)17-8-9(7-16)15(12)18/h2-6,8H,1H3,(H,17,18). The summed E-state index contributed by atoms with van der Waals surface area (Å²) in [6, 6.07) is 11.1. The monoisotopic (exact) mass is 250 g/mol. The molecular weight excluding hydrogens is 240 g/mol. The van der Waals surface area contributed by atoms with Gasteiger partial charge in [0.05, 0.1) is 12.6 Å². The molecular formula is C15H10N2O2. The fraction of sp³-hybridized carbons (Fsp3) is 0.0667. The fourth-order valence-corrected chi connectivity index (χ4v) is 2.29. The second-order valence-corrected chi connectivity index (χ2v) is 4.19. The van der Waals surface area contributed by atoms with Crippen LogP contribution in [0.3, 0.4) is 0 Å². The summed E-state index contributed by atoms with van der Waals surface area (Å²) in [5.41, 5.74) is 0.594. The van der Waals surface area contributed by atoms with E-state index in [0.717, 1.165) is 22.0 Å². The molecule has 0 atom stereocenters. The van der Waals surface area contributed by atoms with Crippen LogP contribution in [0.1, 0.15) is 5.56 Å². The fourth-order valence-electron chi connectivity index (χ4n) is 2.29. The first-order valence-corrected chi connectivity index (χ1v) is 5.77. The normalized spacial score (nSPS) is 10.5. The molecule has 4 nitrogen and oxygen atoms in total. The summed E-state index contributed by atoms with van der Waals surface area (Å²) in [6.07, 6.45) is 1.45. The molecule has 0 amide bonds. The first-order chi connectivity index (χ1) is 9.26. The van der Waals surface area contributed by atoms with Crippen molar-refractivity contribution in [2.24, 2.45) is 0 Å². The molecule has 0 aliphatic carbocycles. The average Bonchev–Trinajstić information content (AvgIpc) is 2.46. The summed E-state index contributed by atoms with van der Waals surface area (Å²) in [5.74, 6) is 0.754. The van der Waals surface area contributed by atoms with E-state index < -0.39 is 0 Å². The van der Waals surface area contributed by atoms with Crippen LogP contribution in [0.25, 0.3) is 21.7 Å². The molecule has 0 aliphatic heterocycles. The molecule has 0 saturated carbocycles. The Kier molecular flexibility index (Phi) is 2.46. The molecule has 3 rings (SSSR count). The van der Waals surface area contributed by atoms with E-state index in [2.05, 4.69) is 4.98 Å². The highest BCUT2D eigenvalue weighted by molar-refractivity contribution is 6.07.